The number of hydrogen-bond donors (Lipinski definition) is 1. The summed E-state index contributed by atoms with van der Waals surface area (Å²) in [4.78, 5) is 4.53. The van der Waals surface area contributed by atoms with Crippen LogP contribution in [0.5, 0.6) is 0 Å². The first-order valence-electron chi connectivity index (χ1n) is 5.44. The van der Waals surface area contributed by atoms with Gasteiger partial charge in [0.2, 0.25) is 0 Å². The molecule has 2 aliphatic rings. The van der Waals surface area contributed by atoms with E-state index in [-0.39, 0.29) is 0 Å². The van der Waals surface area contributed by atoms with Crippen LogP contribution in [0.15, 0.2) is 4.42 Å². The lowest BCUT2D eigenvalue weighted by atomic mass is 10.2. The second kappa shape index (κ2) is 2.83. The zero-order valence-electron chi connectivity index (χ0n) is 8.36. The molecule has 1 unspecified atom stereocenters. The fourth-order valence-electron chi connectivity index (χ4n) is 1.82. The van der Waals surface area contributed by atoms with Crippen molar-refractivity contribution in [3.63, 3.8) is 0 Å². The summed E-state index contributed by atoms with van der Waals surface area (Å²) in [6.07, 6.45) is 4.30. The van der Waals surface area contributed by atoms with E-state index in [2.05, 4.69) is 4.98 Å². The fraction of sp³-hybridized carbons (Fsp3) is 0.727. The largest absolute Gasteiger partial charge is 0.442 e. The Morgan fingerprint density at radius 3 is 2.43 bits per heavy atom. The molecule has 0 aliphatic heterocycles. The van der Waals surface area contributed by atoms with Crippen LogP contribution in [-0.2, 0) is 0 Å². The number of hydrogen-bond acceptors (Lipinski definition) is 3. The Bertz CT molecular complexity index is 329. The molecular weight excluding hydrogens is 178 g/mol. The monoisotopic (exact) mass is 193 g/mol. The third kappa shape index (κ3) is 1.36. The van der Waals surface area contributed by atoms with Crippen molar-refractivity contribution in [3.8, 4) is 0 Å². The molecule has 0 amide bonds. The normalized spacial score (nSPS) is 23.9. The van der Waals surface area contributed by atoms with Crippen molar-refractivity contribution in [1.29, 1.82) is 0 Å². The van der Waals surface area contributed by atoms with Crippen molar-refractivity contribution in [2.45, 2.75) is 50.5 Å². The molecule has 14 heavy (non-hydrogen) atoms. The van der Waals surface area contributed by atoms with Crippen LogP contribution in [0.1, 0.15) is 67.9 Å². The first kappa shape index (κ1) is 8.48. The average Bonchev–Trinajstić information content (AvgIpc) is 3.03. The lowest BCUT2D eigenvalue weighted by molar-refractivity contribution is 0.165. The summed E-state index contributed by atoms with van der Waals surface area (Å²) in [6, 6.07) is 0. The van der Waals surface area contributed by atoms with Gasteiger partial charge in [-0.1, -0.05) is 0 Å². The molecule has 0 spiro atoms. The third-order valence-electron chi connectivity index (χ3n) is 2.97. The minimum atomic E-state index is -0.509. The van der Waals surface area contributed by atoms with E-state index in [1.807, 2.05) is 0 Å². The van der Waals surface area contributed by atoms with Gasteiger partial charge in [0, 0.05) is 11.8 Å². The molecule has 2 fully saturated rings. The molecule has 0 aromatic carbocycles. The summed E-state index contributed by atoms with van der Waals surface area (Å²) in [5.41, 5.74) is 1.03. The van der Waals surface area contributed by atoms with Crippen LogP contribution in [0.25, 0.3) is 0 Å². The van der Waals surface area contributed by atoms with Gasteiger partial charge in [-0.05, 0) is 32.6 Å². The van der Waals surface area contributed by atoms with E-state index in [0.29, 0.717) is 11.8 Å². The molecular formula is C11H15NO2. The van der Waals surface area contributed by atoms with Crippen LogP contribution >= 0.6 is 0 Å². The molecule has 1 atom stereocenters. The summed E-state index contributed by atoms with van der Waals surface area (Å²) in [7, 11) is 0. The topological polar surface area (TPSA) is 46.3 Å². The lowest BCUT2D eigenvalue weighted by Crippen LogP contribution is -1.93. The first-order chi connectivity index (χ1) is 6.75. The Morgan fingerprint density at radius 2 is 1.93 bits per heavy atom. The van der Waals surface area contributed by atoms with Crippen molar-refractivity contribution in [2.24, 2.45) is 0 Å². The van der Waals surface area contributed by atoms with Crippen LogP contribution in [0, 0.1) is 0 Å². The highest BCUT2D eigenvalue weighted by Crippen LogP contribution is 2.46. The first-order valence-corrected chi connectivity index (χ1v) is 5.44. The second-order valence-electron chi connectivity index (χ2n) is 4.53. The van der Waals surface area contributed by atoms with Crippen LogP contribution in [-0.4, -0.2) is 10.1 Å². The highest BCUT2D eigenvalue weighted by Gasteiger charge is 2.36. The van der Waals surface area contributed by atoms with Gasteiger partial charge < -0.3 is 9.52 Å². The Labute approximate surface area is 83.1 Å². The van der Waals surface area contributed by atoms with Gasteiger partial charge >= 0.3 is 0 Å². The van der Waals surface area contributed by atoms with E-state index >= 15 is 0 Å². The number of nitrogens with zero attached hydrogens (tertiary/aromatic N) is 1. The standard InChI is InChI=1S/C11H15NO2/c1-6(13)10-9(7-2-3-7)12-11(14-10)8-4-5-8/h6-8,13H,2-5H2,1H3. The smallest absolute Gasteiger partial charge is 0.197 e. The Balaban J connectivity index is 1.97. The molecule has 0 radical (unpaired) electrons. The predicted octanol–water partition coefficient (Wildman–Crippen LogP) is 2.48. The fourth-order valence-corrected chi connectivity index (χ4v) is 1.82. The third-order valence-corrected chi connectivity index (χ3v) is 2.97. The Morgan fingerprint density at radius 1 is 1.29 bits per heavy atom. The van der Waals surface area contributed by atoms with Gasteiger partial charge in [0.1, 0.15) is 6.10 Å². The molecule has 0 bridgehead atoms. The highest BCUT2D eigenvalue weighted by atomic mass is 16.4. The number of aliphatic hydroxyl groups is 1. The molecule has 76 valence electrons. The molecule has 2 aliphatic carbocycles. The number of rotatable bonds is 3. The van der Waals surface area contributed by atoms with Gasteiger partial charge in [0.25, 0.3) is 0 Å². The number of oxazole rings is 1. The number of aromatic nitrogens is 1. The molecule has 2 saturated carbocycles. The van der Waals surface area contributed by atoms with E-state index in [1.54, 1.807) is 6.92 Å². The maximum atomic E-state index is 9.56. The van der Waals surface area contributed by atoms with Gasteiger partial charge in [-0.25, -0.2) is 4.98 Å². The average molecular weight is 193 g/mol. The van der Waals surface area contributed by atoms with Crippen LogP contribution in [0.2, 0.25) is 0 Å². The van der Waals surface area contributed by atoms with Gasteiger partial charge in [0.05, 0.1) is 5.69 Å². The van der Waals surface area contributed by atoms with Crippen molar-refractivity contribution >= 4 is 0 Å². The van der Waals surface area contributed by atoms with E-state index < -0.39 is 6.10 Å². The van der Waals surface area contributed by atoms with Crippen molar-refractivity contribution < 1.29 is 9.52 Å². The van der Waals surface area contributed by atoms with Gasteiger partial charge in [-0.15, -0.1) is 0 Å². The zero-order valence-corrected chi connectivity index (χ0v) is 8.36. The Kier molecular flexibility index (Phi) is 1.71. The summed E-state index contributed by atoms with van der Waals surface area (Å²) in [5.74, 6) is 2.69. The minimum Gasteiger partial charge on any atom is -0.442 e. The van der Waals surface area contributed by atoms with Crippen LogP contribution in [0.3, 0.4) is 0 Å². The summed E-state index contributed by atoms with van der Waals surface area (Å²) < 4.78 is 5.64. The van der Waals surface area contributed by atoms with E-state index in [0.717, 1.165) is 17.3 Å². The zero-order chi connectivity index (χ0) is 9.71. The van der Waals surface area contributed by atoms with Crippen LogP contribution in [0.4, 0.5) is 0 Å². The molecule has 0 saturated heterocycles. The van der Waals surface area contributed by atoms with E-state index in [9.17, 15) is 5.11 Å². The van der Waals surface area contributed by atoms with E-state index in [4.69, 9.17) is 4.42 Å². The summed E-state index contributed by atoms with van der Waals surface area (Å²) >= 11 is 0. The molecule has 3 nitrogen and oxygen atoms in total. The van der Waals surface area contributed by atoms with Gasteiger partial charge in [0.15, 0.2) is 11.7 Å². The maximum Gasteiger partial charge on any atom is 0.197 e. The maximum absolute atomic E-state index is 9.56. The molecule has 1 N–H and O–H groups in total. The van der Waals surface area contributed by atoms with Gasteiger partial charge in [-0.2, -0.15) is 0 Å². The summed E-state index contributed by atoms with van der Waals surface area (Å²) in [6.45, 7) is 1.75. The lowest BCUT2D eigenvalue weighted by Gasteiger charge is -2.00. The molecule has 3 rings (SSSR count). The number of aliphatic hydroxyl groups excluding tert-OH is 1. The van der Waals surface area contributed by atoms with Gasteiger partial charge in [-0.3, -0.25) is 0 Å². The Hall–Kier alpha value is -0.830. The predicted molar refractivity (Wildman–Crippen MR) is 51.1 cm³/mol. The van der Waals surface area contributed by atoms with Crippen molar-refractivity contribution in [1.82, 2.24) is 4.98 Å². The van der Waals surface area contributed by atoms with Crippen molar-refractivity contribution in [3.05, 3.63) is 17.3 Å². The minimum absolute atomic E-state index is 0.509. The highest BCUT2D eigenvalue weighted by molar-refractivity contribution is 5.23. The SMILES string of the molecule is CC(O)c1oc(C2CC2)nc1C1CC1. The van der Waals surface area contributed by atoms with Crippen molar-refractivity contribution in [2.75, 3.05) is 0 Å². The van der Waals surface area contributed by atoms with E-state index in [1.165, 1.54) is 25.7 Å². The molecule has 1 aromatic heterocycles. The molecule has 3 heteroatoms. The quantitative estimate of drug-likeness (QED) is 0.802. The van der Waals surface area contributed by atoms with Crippen LogP contribution < -0.4 is 0 Å². The molecule has 1 heterocycles. The second-order valence-corrected chi connectivity index (χ2v) is 4.53. The molecule has 1 aromatic rings. The summed E-state index contributed by atoms with van der Waals surface area (Å²) in [5, 5.41) is 9.56.